The first-order valence-electron chi connectivity index (χ1n) is 9.12. The van der Waals surface area contributed by atoms with E-state index in [2.05, 4.69) is 28.5 Å². The summed E-state index contributed by atoms with van der Waals surface area (Å²) < 4.78 is 13.9. The quantitative estimate of drug-likeness (QED) is 0.847. The molecule has 3 nitrogen and oxygen atoms in total. The van der Waals surface area contributed by atoms with Crippen molar-refractivity contribution in [1.29, 1.82) is 0 Å². The van der Waals surface area contributed by atoms with Gasteiger partial charge in [-0.05, 0) is 58.3 Å². The van der Waals surface area contributed by atoms with Gasteiger partial charge in [-0.1, -0.05) is 12.1 Å². The maximum atomic E-state index is 13.9. The predicted octanol–water partition coefficient (Wildman–Crippen LogP) is 3.21. The monoisotopic (exact) mass is 319 g/mol. The molecule has 0 spiro atoms. The topological polar surface area (TPSA) is 9.72 Å². The number of anilines is 1. The lowest BCUT2D eigenvalue weighted by atomic mass is 10.0. The van der Waals surface area contributed by atoms with Crippen LogP contribution in [0.1, 0.15) is 33.1 Å². The van der Waals surface area contributed by atoms with Gasteiger partial charge in [0.2, 0.25) is 0 Å². The van der Waals surface area contributed by atoms with Crippen LogP contribution in [0.3, 0.4) is 0 Å². The van der Waals surface area contributed by atoms with E-state index in [1.165, 1.54) is 32.6 Å². The van der Waals surface area contributed by atoms with E-state index in [-0.39, 0.29) is 5.82 Å². The number of hydrogen-bond donors (Lipinski definition) is 0. The molecule has 2 saturated heterocycles. The lowest BCUT2D eigenvalue weighted by Crippen LogP contribution is -2.46. The van der Waals surface area contributed by atoms with Crippen molar-refractivity contribution < 1.29 is 4.39 Å². The third-order valence-electron chi connectivity index (χ3n) is 5.47. The zero-order valence-electron chi connectivity index (χ0n) is 14.5. The summed E-state index contributed by atoms with van der Waals surface area (Å²) in [7, 11) is 0. The van der Waals surface area contributed by atoms with Gasteiger partial charge in [0, 0.05) is 38.3 Å². The minimum absolute atomic E-state index is 0.0895. The van der Waals surface area contributed by atoms with Crippen molar-refractivity contribution in [2.24, 2.45) is 0 Å². The Morgan fingerprint density at radius 1 is 0.957 bits per heavy atom. The summed E-state index contributed by atoms with van der Waals surface area (Å²) in [6, 6.07) is 8.49. The van der Waals surface area contributed by atoms with E-state index in [4.69, 9.17) is 0 Å². The second-order valence-electron chi connectivity index (χ2n) is 7.19. The Labute approximate surface area is 140 Å². The van der Waals surface area contributed by atoms with Crippen LogP contribution < -0.4 is 4.90 Å². The molecule has 3 rings (SSSR count). The highest BCUT2D eigenvalue weighted by atomic mass is 19.1. The number of nitrogens with zero attached hydrogens (tertiary/aromatic N) is 3. The summed E-state index contributed by atoms with van der Waals surface area (Å²) in [5.74, 6) is -0.0895. The van der Waals surface area contributed by atoms with Crippen molar-refractivity contribution in [3.8, 4) is 0 Å². The molecule has 0 amide bonds. The number of hydrogen-bond acceptors (Lipinski definition) is 3. The summed E-state index contributed by atoms with van der Waals surface area (Å²) >= 11 is 0. The second-order valence-corrected chi connectivity index (χ2v) is 7.19. The molecule has 1 aromatic carbocycles. The standard InChI is InChI=1S/C19H30FN3/c1-16(2)21-10-5-11-22(15-14-21)17-8-12-23(13-9-17)19-7-4-3-6-18(19)20/h3-4,6-7,16-17H,5,8-15H2,1-2H3. The Morgan fingerprint density at radius 2 is 1.70 bits per heavy atom. The van der Waals surface area contributed by atoms with Crippen LogP contribution in [0, 0.1) is 5.82 Å². The molecule has 2 aliphatic heterocycles. The molecule has 0 bridgehead atoms. The molecule has 0 unspecified atom stereocenters. The van der Waals surface area contributed by atoms with Crippen LogP contribution in [0.5, 0.6) is 0 Å². The van der Waals surface area contributed by atoms with E-state index in [0.29, 0.717) is 12.1 Å². The highest BCUT2D eigenvalue weighted by Crippen LogP contribution is 2.25. The molecule has 0 aliphatic carbocycles. The Bertz CT molecular complexity index is 497. The average Bonchev–Trinajstić information content (AvgIpc) is 2.82. The maximum Gasteiger partial charge on any atom is 0.146 e. The maximum absolute atomic E-state index is 13.9. The van der Waals surface area contributed by atoms with E-state index >= 15 is 0 Å². The van der Waals surface area contributed by atoms with Crippen LogP contribution in [0.25, 0.3) is 0 Å². The molecule has 128 valence electrons. The fourth-order valence-electron chi connectivity index (χ4n) is 4.02. The molecule has 0 aromatic heterocycles. The largest absolute Gasteiger partial charge is 0.369 e. The van der Waals surface area contributed by atoms with Crippen molar-refractivity contribution in [3.63, 3.8) is 0 Å². The highest BCUT2D eigenvalue weighted by molar-refractivity contribution is 5.47. The van der Waals surface area contributed by atoms with Gasteiger partial charge in [0.25, 0.3) is 0 Å². The van der Waals surface area contributed by atoms with Crippen LogP contribution in [-0.2, 0) is 0 Å². The summed E-state index contributed by atoms with van der Waals surface area (Å²) in [5.41, 5.74) is 0.771. The fourth-order valence-corrected chi connectivity index (χ4v) is 4.02. The summed E-state index contributed by atoms with van der Waals surface area (Å²) in [6.07, 6.45) is 3.57. The van der Waals surface area contributed by atoms with Crippen molar-refractivity contribution >= 4 is 5.69 Å². The van der Waals surface area contributed by atoms with Crippen LogP contribution in [0.4, 0.5) is 10.1 Å². The molecule has 0 atom stereocenters. The average molecular weight is 319 g/mol. The third-order valence-corrected chi connectivity index (χ3v) is 5.47. The van der Waals surface area contributed by atoms with Gasteiger partial charge in [0.15, 0.2) is 0 Å². The zero-order valence-corrected chi connectivity index (χ0v) is 14.5. The van der Waals surface area contributed by atoms with Crippen molar-refractivity contribution in [2.45, 2.75) is 45.2 Å². The van der Waals surface area contributed by atoms with Crippen molar-refractivity contribution in [2.75, 3.05) is 44.2 Å². The Balaban J connectivity index is 1.54. The number of benzene rings is 1. The molecule has 0 saturated carbocycles. The van der Waals surface area contributed by atoms with Gasteiger partial charge in [0.1, 0.15) is 5.82 Å². The summed E-state index contributed by atoms with van der Waals surface area (Å²) in [6.45, 7) is 11.3. The van der Waals surface area contributed by atoms with E-state index in [0.717, 1.165) is 31.6 Å². The number of halogens is 1. The van der Waals surface area contributed by atoms with Gasteiger partial charge in [-0.3, -0.25) is 9.80 Å². The normalized spacial score (nSPS) is 22.5. The first-order chi connectivity index (χ1) is 11.1. The van der Waals surface area contributed by atoms with Gasteiger partial charge < -0.3 is 4.90 Å². The van der Waals surface area contributed by atoms with Crippen molar-refractivity contribution in [3.05, 3.63) is 30.1 Å². The molecule has 23 heavy (non-hydrogen) atoms. The lowest BCUT2D eigenvalue weighted by molar-refractivity contribution is 0.165. The molecule has 2 fully saturated rings. The van der Waals surface area contributed by atoms with E-state index < -0.39 is 0 Å². The zero-order chi connectivity index (χ0) is 16.2. The number of piperidine rings is 1. The summed E-state index contributed by atoms with van der Waals surface area (Å²) in [4.78, 5) is 7.49. The van der Waals surface area contributed by atoms with Gasteiger partial charge in [-0.2, -0.15) is 0 Å². The SMILES string of the molecule is CC(C)N1CCCN(C2CCN(c3ccccc3F)CC2)CC1. The molecule has 2 heterocycles. The van der Waals surface area contributed by atoms with E-state index in [1.807, 2.05) is 12.1 Å². The number of rotatable bonds is 3. The van der Waals surface area contributed by atoms with Crippen LogP contribution in [0.2, 0.25) is 0 Å². The van der Waals surface area contributed by atoms with E-state index in [9.17, 15) is 4.39 Å². The third kappa shape index (κ3) is 4.04. The summed E-state index contributed by atoms with van der Waals surface area (Å²) in [5, 5.41) is 0. The minimum Gasteiger partial charge on any atom is -0.369 e. The predicted molar refractivity (Wildman–Crippen MR) is 94.5 cm³/mol. The molecule has 1 aromatic rings. The minimum atomic E-state index is -0.0895. The Kier molecular flexibility index (Phi) is 5.54. The molecule has 0 N–H and O–H groups in total. The molecular formula is C19H30FN3. The molecular weight excluding hydrogens is 289 g/mol. The Hall–Kier alpha value is -1.13. The van der Waals surface area contributed by atoms with Crippen LogP contribution in [0.15, 0.2) is 24.3 Å². The van der Waals surface area contributed by atoms with Crippen LogP contribution in [-0.4, -0.2) is 61.2 Å². The first kappa shape index (κ1) is 16.7. The number of para-hydroxylation sites is 1. The van der Waals surface area contributed by atoms with Crippen molar-refractivity contribution in [1.82, 2.24) is 9.80 Å². The first-order valence-corrected chi connectivity index (χ1v) is 9.12. The molecule has 0 radical (unpaired) electrons. The van der Waals surface area contributed by atoms with Crippen LogP contribution >= 0.6 is 0 Å². The molecule has 4 heteroatoms. The van der Waals surface area contributed by atoms with Gasteiger partial charge in [-0.25, -0.2) is 4.39 Å². The second kappa shape index (κ2) is 7.63. The van der Waals surface area contributed by atoms with Gasteiger partial charge in [-0.15, -0.1) is 0 Å². The highest BCUT2D eigenvalue weighted by Gasteiger charge is 2.27. The lowest BCUT2D eigenvalue weighted by Gasteiger charge is -2.39. The smallest absolute Gasteiger partial charge is 0.146 e. The fraction of sp³-hybridized carbons (Fsp3) is 0.684. The van der Waals surface area contributed by atoms with Gasteiger partial charge >= 0.3 is 0 Å². The Morgan fingerprint density at radius 3 is 2.39 bits per heavy atom. The van der Waals surface area contributed by atoms with Gasteiger partial charge in [0.05, 0.1) is 5.69 Å². The molecule has 2 aliphatic rings. The van der Waals surface area contributed by atoms with E-state index in [1.54, 1.807) is 12.1 Å².